The molecular weight excluding hydrogens is 1830 g/mol. The van der Waals surface area contributed by atoms with Crippen molar-refractivity contribution in [2.75, 3.05) is 26.4 Å². The van der Waals surface area contributed by atoms with Crippen molar-refractivity contribution in [1.29, 1.82) is 0 Å². The number of benzene rings is 7. The van der Waals surface area contributed by atoms with E-state index in [1.807, 2.05) is 0 Å². The van der Waals surface area contributed by atoms with Crippen molar-refractivity contribution >= 4 is 70.4 Å². The second kappa shape index (κ2) is 44.4. The third-order valence-corrected chi connectivity index (χ3v) is 25.0. The lowest BCUT2D eigenvalue weighted by Gasteiger charge is -2.43. The Kier molecular flexibility index (Phi) is 33.3. The van der Waals surface area contributed by atoms with Gasteiger partial charge in [-0.05, 0) is 150 Å². The molecule has 7 aliphatic heterocycles. The van der Waals surface area contributed by atoms with Crippen molar-refractivity contribution in [2.45, 2.75) is 226 Å². The normalized spacial score (nSPS) is 28.3. The van der Waals surface area contributed by atoms with Gasteiger partial charge >= 0.3 is 5.97 Å². The number of carboxylic acids is 1. The minimum Gasteiger partial charge on any atom is -0.508 e. The zero-order chi connectivity index (χ0) is 98.3. The minimum absolute atomic E-state index is 0.0501. The number of aliphatic carboxylic acids is 1. The molecular formula is C92H109Cl2N9O33. The van der Waals surface area contributed by atoms with Crippen molar-refractivity contribution in [3.8, 4) is 80.1 Å². The number of amides is 6. The first kappa shape index (κ1) is 102. The van der Waals surface area contributed by atoms with Crippen LogP contribution in [0.25, 0.3) is 11.1 Å². The number of nitrogens with one attached hydrogen (secondary N) is 7. The van der Waals surface area contributed by atoms with E-state index in [0.717, 1.165) is 142 Å². The molecule has 734 valence electrons. The number of Topliss-reactive ketones (excluding diaryl/α,β-unsaturated/α-hetero) is 1. The fourth-order valence-electron chi connectivity index (χ4n) is 17.0. The smallest absolute Gasteiger partial charge is 0.325 e. The molecule has 24 atom stereocenters. The Bertz CT molecular complexity index is 5550. The van der Waals surface area contributed by atoms with E-state index in [0.29, 0.717) is 18.8 Å². The number of hydroxylamine groups is 1. The molecule has 7 aromatic carbocycles. The summed E-state index contributed by atoms with van der Waals surface area (Å²) < 4.78 is 52.0. The molecule has 42 nitrogen and oxygen atoms in total. The third-order valence-electron chi connectivity index (χ3n) is 24.4. The minimum atomic E-state index is -2.56. The molecule has 3 fully saturated rings. The van der Waals surface area contributed by atoms with Gasteiger partial charge in [0.05, 0.1) is 36.0 Å². The van der Waals surface area contributed by atoms with Gasteiger partial charge in [-0.3, -0.25) is 38.4 Å². The van der Waals surface area contributed by atoms with Crippen LogP contribution in [0.5, 0.6) is 69.0 Å². The molecule has 0 radical (unpaired) electrons. The summed E-state index contributed by atoms with van der Waals surface area (Å²) in [5, 5.41) is 197. The van der Waals surface area contributed by atoms with Gasteiger partial charge in [0, 0.05) is 42.2 Å². The molecule has 1 aliphatic carbocycles. The zero-order valence-electron chi connectivity index (χ0n) is 73.6. The third kappa shape index (κ3) is 22.8. The fraction of sp³-hybridized carbons (Fsp3) is 0.457. The highest BCUT2D eigenvalue weighted by Gasteiger charge is 2.52. The monoisotopic (exact) mass is 1940 g/mol. The van der Waals surface area contributed by atoms with Crippen LogP contribution in [0.3, 0.4) is 0 Å². The number of nitrogens with two attached hydrogens (primary N) is 2. The number of ether oxygens (including phenoxy) is 8. The van der Waals surface area contributed by atoms with E-state index in [1.54, 1.807) is 0 Å². The number of aliphatic hydroxyl groups is 11. The number of ketones is 1. The standard InChI is InChI=1S/C92H109Cl2N9O33/c1-5-128-103-74-81(119)79(117)63(36-106)134-92(74)135-83-42-17-21-56(52(94)26-42)131-61-29-44-28-60(84(61)136-91-73(80(118)78(116)62(35-105)133-91)97-64(112)13-11-9-7-6-8-10-12-37(2)3)130-55-20-16-41(25-51(55)93)75(113)72-89(125)101-70(43-22-46(108)31-48(23-43)129-57-27-39(14-19-54(57)111)66(95)85(121)102-72)87(123)100-71(44)88(124)99-69(86(122)98-68(83)38(4)107)40-15-18-53(110)49(24-40)65-50(67(96)90(126)127)32-47(109)33-58(65)132-59-30-45(34-104)76(114)82(120)77(59)115/h14-29,31-33,37,45,59,62-63,66-83,91-92,103-106,108-111,113-120H,5-13,30,34-36,95-96H2,1-4H3,(H,97,112)(H,98,122)(H,99,124)(H,100,123)(H,101,125)(H,102,121)(H,126,127)/t45?,59?,62?,63?,66-,67+,68-,69-,70+,71-,72-,73?,74?,75-,76?,77?,78?,79?,80?,81?,82?,83-,91?,92?/m1/s1. The van der Waals surface area contributed by atoms with Gasteiger partial charge < -0.3 is 168 Å². The number of unbranched alkanes of at least 4 members (excludes halogenated alkanes) is 5. The summed E-state index contributed by atoms with van der Waals surface area (Å²) >= 11 is 14.7. The number of carbonyl (C=O) groups is 8. The van der Waals surface area contributed by atoms with E-state index < -0.39 is 332 Å². The van der Waals surface area contributed by atoms with E-state index in [1.165, 1.54) is 19.1 Å². The maximum Gasteiger partial charge on any atom is 0.325 e. The highest BCUT2D eigenvalue weighted by molar-refractivity contribution is 6.32. The first-order chi connectivity index (χ1) is 64.8. The first-order valence-corrected chi connectivity index (χ1v) is 44.7. The quantitative estimate of drug-likeness (QED) is 0.0260. The number of fused-ring (bicyclic) bond motifs is 15. The molecule has 27 N–H and O–H groups in total. The zero-order valence-corrected chi connectivity index (χ0v) is 75.1. The fourth-order valence-corrected chi connectivity index (χ4v) is 17.4. The van der Waals surface area contributed by atoms with Crippen LogP contribution in [0.15, 0.2) is 115 Å². The summed E-state index contributed by atoms with van der Waals surface area (Å²) in [6.45, 7) is 3.82. The van der Waals surface area contributed by atoms with Gasteiger partial charge in [0.1, 0.15) is 162 Å². The van der Waals surface area contributed by atoms with Gasteiger partial charge in [-0.25, -0.2) is 0 Å². The lowest BCUT2D eigenvalue weighted by Crippen LogP contribution is -2.65. The van der Waals surface area contributed by atoms with Gasteiger partial charge in [-0.15, -0.1) is 0 Å². The molecule has 7 heterocycles. The topological polar surface area (TPSA) is 680 Å². The molecule has 7 aromatic rings. The maximum absolute atomic E-state index is 17.1. The number of rotatable bonds is 27. The van der Waals surface area contributed by atoms with Crippen molar-refractivity contribution in [3.05, 3.63) is 164 Å². The Balaban J connectivity index is 1.07. The lowest BCUT2D eigenvalue weighted by atomic mass is 9.81. The number of hydrogen-bond acceptors (Lipinski definition) is 35. The molecule has 44 heteroatoms. The molecule has 0 aromatic heterocycles. The van der Waals surface area contributed by atoms with Crippen LogP contribution >= 0.6 is 23.2 Å². The second-order valence-electron chi connectivity index (χ2n) is 34.5. The Hall–Kier alpha value is -11.4. The van der Waals surface area contributed by atoms with Crippen LogP contribution in [-0.2, 0) is 57.4 Å². The maximum atomic E-state index is 17.1. The molecule has 8 aliphatic rings. The second-order valence-corrected chi connectivity index (χ2v) is 35.3. The van der Waals surface area contributed by atoms with E-state index in [2.05, 4.69) is 51.2 Å². The van der Waals surface area contributed by atoms with Crippen molar-refractivity contribution in [2.24, 2.45) is 23.3 Å². The largest absolute Gasteiger partial charge is 0.508 e. The summed E-state index contributed by atoms with van der Waals surface area (Å²) in [6, 6.07) is 0.597. The SMILES string of the molecule is CCONC1C(O[C@@H]2c3ccc(c(Cl)c3)Oc3cc4cc(c3OC3OC(CO)C(O)C(O)C3NC(=O)CCCCCCCCC(C)C)Oc3ccc(cc3Cl)[C@@H](O)[C@H]3NC(=O)[C@H](N)c5ccc(O)c(c5)Oc5cc(O)cc(c5)[C@H](NC3=O)C(=O)N[C@H]4C(=O)N[C@H](c3ccc(O)c(-c4c(OC5CC(CO)C(O)C(O)C5O)cc(O)cc4[C@H](N)C(=O)O)c3)C(=O)N[C@@H]2C(C)=O)OC(CO)C(O)C1O. The van der Waals surface area contributed by atoms with Gasteiger partial charge in [0.25, 0.3) is 0 Å². The Morgan fingerprint density at radius 1 is 0.537 bits per heavy atom. The highest BCUT2D eigenvalue weighted by atomic mass is 35.5. The summed E-state index contributed by atoms with van der Waals surface area (Å²) in [7, 11) is 0. The van der Waals surface area contributed by atoms with Crippen LogP contribution in [0.1, 0.15) is 167 Å². The van der Waals surface area contributed by atoms with Crippen LogP contribution in [0.2, 0.25) is 10.0 Å². The number of aliphatic hydroxyl groups excluding tert-OH is 11. The summed E-state index contributed by atoms with van der Waals surface area (Å²) in [6.07, 6.45) is -22.0. The molecule has 13 bridgehead atoms. The number of carboxylic acid groups (broad SMARTS) is 1. The van der Waals surface area contributed by atoms with Crippen molar-refractivity contribution < 1.29 is 163 Å². The van der Waals surface area contributed by atoms with Crippen molar-refractivity contribution in [3.63, 3.8) is 0 Å². The predicted molar refractivity (Wildman–Crippen MR) is 474 cm³/mol. The first-order valence-electron chi connectivity index (χ1n) is 44.0. The van der Waals surface area contributed by atoms with Gasteiger partial charge in [-0.2, -0.15) is 5.48 Å². The predicted octanol–water partition coefficient (Wildman–Crippen LogP) is 2.78. The Morgan fingerprint density at radius 2 is 1.10 bits per heavy atom. The molecule has 15 rings (SSSR count). The highest BCUT2D eigenvalue weighted by Crippen LogP contribution is 2.51. The molecule has 136 heavy (non-hydrogen) atoms. The summed E-state index contributed by atoms with van der Waals surface area (Å²) in [5.41, 5.74) is 11.6. The molecule has 2 saturated heterocycles. The Labute approximate surface area is 786 Å². The summed E-state index contributed by atoms with van der Waals surface area (Å²) in [5.74, 6) is -18.8. The Morgan fingerprint density at radius 3 is 1.71 bits per heavy atom. The molecule has 1 saturated carbocycles. The van der Waals surface area contributed by atoms with E-state index in [4.69, 9.17) is 77.4 Å². The van der Waals surface area contributed by atoms with E-state index >= 15 is 24.0 Å². The molecule has 15 unspecified atom stereocenters. The van der Waals surface area contributed by atoms with E-state index in [-0.39, 0.29) is 29.7 Å². The average Bonchev–Trinajstić information content (AvgIpc) is 0.767. The van der Waals surface area contributed by atoms with Crippen LogP contribution in [0, 0.1) is 11.8 Å². The van der Waals surface area contributed by atoms with Crippen molar-refractivity contribution in [1.82, 2.24) is 37.4 Å². The lowest BCUT2D eigenvalue weighted by molar-refractivity contribution is -0.297. The van der Waals surface area contributed by atoms with Gasteiger partial charge in [0.15, 0.2) is 35.1 Å². The van der Waals surface area contributed by atoms with Crippen LogP contribution in [-0.4, -0.2) is 253 Å². The molecule has 0 spiro atoms. The van der Waals surface area contributed by atoms with Gasteiger partial charge in [-0.1, -0.05) is 99.8 Å². The van der Waals surface area contributed by atoms with Gasteiger partial charge in [0.2, 0.25) is 47.5 Å². The average molecular weight is 1940 g/mol. The van der Waals surface area contributed by atoms with E-state index in [9.17, 15) is 96.1 Å². The number of hydrogen-bond donors (Lipinski definition) is 25. The number of halogens is 2. The van der Waals surface area contributed by atoms with Crippen LogP contribution < -0.4 is 72.5 Å². The number of carbonyl (C=O) groups excluding carboxylic acids is 7. The number of aromatic hydroxyl groups is 4. The van der Waals surface area contributed by atoms with Crippen LogP contribution in [0.4, 0.5) is 0 Å². The number of phenolic OH excluding ortho intramolecular Hbond substituents is 4. The summed E-state index contributed by atoms with van der Waals surface area (Å²) in [4.78, 5) is 129. The molecule has 6 amide bonds. The number of phenols is 4.